The molecule has 0 spiro atoms. The maximum Gasteiger partial charge on any atom is 0.221 e. The molecule has 0 radical (unpaired) electrons. The molecule has 4 heteroatoms. The molecule has 1 aromatic carbocycles. The van der Waals surface area contributed by atoms with Gasteiger partial charge in [0.05, 0.1) is 0 Å². The molecule has 2 unspecified atom stereocenters. The highest BCUT2D eigenvalue weighted by atomic mass is 19.1. The van der Waals surface area contributed by atoms with Gasteiger partial charge in [0.15, 0.2) is 0 Å². The summed E-state index contributed by atoms with van der Waals surface area (Å²) in [6, 6.07) is 6.81. The predicted octanol–water partition coefficient (Wildman–Crippen LogP) is 2.14. The van der Waals surface area contributed by atoms with E-state index in [1.807, 2.05) is 13.0 Å². The van der Waals surface area contributed by atoms with Gasteiger partial charge in [-0.3, -0.25) is 4.79 Å². The molecule has 0 aromatic heterocycles. The summed E-state index contributed by atoms with van der Waals surface area (Å²) in [4.78, 5) is 11.5. The fraction of sp³-hybridized carbons (Fsp3) is 0.500. The van der Waals surface area contributed by atoms with E-state index in [1.54, 1.807) is 6.07 Å². The van der Waals surface area contributed by atoms with Gasteiger partial charge in [-0.1, -0.05) is 12.1 Å². The van der Waals surface area contributed by atoms with Gasteiger partial charge in [-0.15, -0.1) is 0 Å². The van der Waals surface area contributed by atoms with Crippen LogP contribution in [0.3, 0.4) is 0 Å². The number of benzene rings is 1. The Labute approximate surface area is 107 Å². The second-order valence-electron chi connectivity index (χ2n) is 4.84. The Balaban J connectivity index is 1.97. The summed E-state index contributed by atoms with van der Waals surface area (Å²) in [5, 5.41) is 6.26. The molecule has 1 aliphatic rings. The molecular weight excluding hydrogens is 231 g/mol. The zero-order valence-electron chi connectivity index (χ0n) is 10.6. The van der Waals surface area contributed by atoms with Crippen molar-refractivity contribution in [2.45, 2.75) is 38.3 Å². The van der Waals surface area contributed by atoms with Gasteiger partial charge in [-0.05, 0) is 37.5 Å². The number of halogens is 1. The summed E-state index contributed by atoms with van der Waals surface area (Å²) in [5.41, 5.74) is 0.916. The lowest BCUT2D eigenvalue weighted by molar-refractivity contribution is -0.121. The first-order valence-electron chi connectivity index (χ1n) is 6.43. The number of carbonyl (C=O) groups is 1. The standard InChI is InChI=1S/C14H19FN2O/c1-10(11-4-2-5-12(15)8-11)17-13-6-3-7-16-14(18)9-13/h2,4-5,8,10,13,17H,3,6-7,9H2,1H3,(H,16,18). The molecule has 1 heterocycles. The molecule has 3 nitrogen and oxygen atoms in total. The van der Waals surface area contributed by atoms with E-state index in [9.17, 15) is 9.18 Å². The van der Waals surface area contributed by atoms with Crippen LogP contribution in [-0.2, 0) is 4.79 Å². The average Bonchev–Trinajstić information content (AvgIpc) is 2.53. The number of hydrogen-bond donors (Lipinski definition) is 2. The van der Waals surface area contributed by atoms with E-state index in [4.69, 9.17) is 0 Å². The first-order chi connectivity index (χ1) is 8.65. The van der Waals surface area contributed by atoms with E-state index < -0.39 is 0 Å². The van der Waals surface area contributed by atoms with E-state index in [2.05, 4.69) is 10.6 Å². The van der Waals surface area contributed by atoms with Crippen LogP contribution in [0.4, 0.5) is 4.39 Å². The molecule has 2 rings (SSSR count). The highest BCUT2D eigenvalue weighted by Gasteiger charge is 2.19. The van der Waals surface area contributed by atoms with Crippen molar-refractivity contribution in [2.24, 2.45) is 0 Å². The number of rotatable bonds is 3. The molecular formula is C14H19FN2O. The van der Waals surface area contributed by atoms with Gasteiger partial charge in [0.25, 0.3) is 0 Å². The van der Waals surface area contributed by atoms with Crippen molar-refractivity contribution >= 4 is 5.91 Å². The van der Waals surface area contributed by atoms with Gasteiger partial charge in [0, 0.05) is 25.0 Å². The summed E-state index contributed by atoms with van der Waals surface area (Å²) in [7, 11) is 0. The third-order valence-corrected chi connectivity index (χ3v) is 3.32. The van der Waals surface area contributed by atoms with Crippen molar-refractivity contribution in [2.75, 3.05) is 6.54 Å². The van der Waals surface area contributed by atoms with Crippen LogP contribution in [0.25, 0.3) is 0 Å². The van der Waals surface area contributed by atoms with E-state index in [0.29, 0.717) is 6.42 Å². The van der Waals surface area contributed by atoms with E-state index >= 15 is 0 Å². The van der Waals surface area contributed by atoms with Gasteiger partial charge in [-0.2, -0.15) is 0 Å². The summed E-state index contributed by atoms with van der Waals surface area (Å²) >= 11 is 0. The lowest BCUT2D eigenvalue weighted by atomic mass is 10.0. The summed E-state index contributed by atoms with van der Waals surface area (Å²) < 4.78 is 13.1. The van der Waals surface area contributed by atoms with E-state index in [0.717, 1.165) is 24.9 Å². The minimum atomic E-state index is -0.222. The van der Waals surface area contributed by atoms with Crippen LogP contribution < -0.4 is 10.6 Å². The molecule has 1 amide bonds. The summed E-state index contributed by atoms with van der Waals surface area (Å²) in [6.07, 6.45) is 2.46. The Bertz CT molecular complexity index is 422. The second kappa shape index (κ2) is 5.96. The van der Waals surface area contributed by atoms with Crippen LogP contribution in [0.15, 0.2) is 24.3 Å². The lowest BCUT2D eigenvalue weighted by Crippen LogP contribution is -2.34. The summed E-state index contributed by atoms with van der Waals surface area (Å²) in [6.45, 7) is 2.75. The zero-order valence-corrected chi connectivity index (χ0v) is 10.6. The number of amides is 1. The highest BCUT2D eigenvalue weighted by Crippen LogP contribution is 2.17. The second-order valence-corrected chi connectivity index (χ2v) is 4.84. The first kappa shape index (κ1) is 13.0. The Hall–Kier alpha value is -1.42. The van der Waals surface area contributed by atoms with Crippen LogP contribution >= 0.6 is 0 Å². The Morgan fingerprint density at radius 3 is 3.11 bits per heavy atom. The first-order valence-corrected chi connectivity index (χ1v) is 6.43. The molecule has 0 bridgehead atoms. The molecule has 18 heavy (non-hydrogen) atoms. The fourth-order valence-electron chi connectivity index (χ4n) is 2.34. The molecule has 98 valence electrons. The lowest BCUT2D eigenvalue weighted by Gasteiger charge is -2.21. The Morgan fingerprint density at radius 1 is 1.50 bits per heavy atom. The molecule has 2 N–H and O–H groups in total. The smallest absolute Gasteiger partial charge is 0.221 e. The maximum atomic E-state index is 13.1. The molecule has 2 atom stereocenters. The third-order valence-electron chi connectivity index (χ3n) is 3.32. The van der Waals surface area contributed by atoms with Crippen molar-refractivity contribution in [3.63, 3.8) is 0 Å². The Morgan fingerprint density at radius 2 is 2.33 bits per heavy atom. The molecule has 1 aromatic rings. The SMILES string of the molecule is CC(NC1CCCNC(=O)C1)c1cccc(F)c1. The van der Waals surface area contributed by atoms with Gasteiger partial charge >= 0.3 is 0 Å². The monoisotopic (exact) mass is 250 g/mol. The van der Waals surface area contributed by atoms with Crippen molar-refractivity contribution in [3.05, 3.63) is 35.6 Å². The molecule has 1 aliphatic heterocycles. The zero-order chi connectivity index (χ0) is 13.0. The minimum Gasteiger partial charge on any atom is -0.356 e. The topological polar surface area (TPSA) is 41.1 Å². The van der Waals surface area contributed by atoms with Crippen molar-refractivity contribution in [1.82, 2.24) is 10.6 Å². The summed E-state index contributed by atoms with van der Waals surface area (Å²) in [5.74, 6) is -0.129. The van der Waals surface area contributed by atoms with E-state index in [1.165, 1.54) is 12.1 Å². The van der Waals surface area contributed by atoms with Crippen LogP contribution in [0.5, 0.6) is 0 Å². The van der Waals surface area contributed by atoms with Crippen molar-refractivity contribution in [1.29, 1.82) is 0 Å². The number of nitrogens with one attached hydrogen (secondary N) is 2. The molecule has 1 fully saturated rings. The van der Waals surface area contributed by atoms with E-state index in [-0.39, 0.29) is 23.8 Å². The van der Waals surface area contributed by atoms with Crippen LogP contribution in [0.2, 0.25) is 0 Å². The largest absolute Gasteiger partial charge is 0.356 e. The normalized spacial score (nSPS) is 22.1. The quantitative estimate of drug-likeness (QED) is 0.863. The van der Waals surface area contributed by atoms with Gasteiger partial charge in [0.1, 0.15) is 5.82 Å². The Kier molecular flexibility index (Phi) is 4.31. The van der Waals surface area contributed by atoms with Crippen LogP contribution in [0, 0.1) is 5.82 Å². The number of hydrogen-bond acceptors (Lipinski definition) is 2. The van der Waals surface area contributed by atoms with Gasteiger partial charge < -0.3 is 10.6 Å². The van der Waals surface area contributed by atoms with Crippen molar-refractivity contribution < 1.29 is 9.18 Å². The maximum absolute atomic E-state index is 13.1. The van der Waals surface area contributed by atoms with Crippen LogP contribution in [0.1, 0.15) is 37.8 Å². The molecule has 0 aliphatic carbocycles. The molecule has 1 saturated heterocycles. The van der Waals surface area contributed by atoms with Crippen molar-refractivity contribution in [3.8, 4) is 0 Å². The predicted molar refractivity (Wildman–Crippen MR) is 68.6 cm³/mol. The highest BCUT2D eigenvalue weighted by molar-refractivity contribution is 5.76. The average molecular weight is 250 g/mol. The third kappa shape index (κ3) is 3.53. The molecule has 0 saturated carbocycles. The van der Waals surface area contributed by atoms with Crippen LogP contribution in [-0.4, -0.2) is 18.5 Å². The number of carbonyl (C=O) groups excluding carboxylic acids is 1. The fourth-order valence-corrected chi connectivity index (χ4v) is 2.34. The minimum absolute atomic E-state index is 0.0524. The van der Waals surface area contributed by atoms with Gasteiger partial charge in [0.2, 0.25) is 5.91 Å². The van der Waals surface area contributed by atoms with Gasteiger partial charge in [-0.25, -0.2) is 4.39 Å².